The van der Waals surface area contributed by atoms with Crippen LogP contribution in [0.3, 0.4) is 0 Å². The zero-order valence-electron chi connectivity index (χ0n) is 12.4. The molecule has 0 aliphatic carbocycles. The molecule has 1 aromatic heterocycles. The molecule has 2 heterocycles. The van der Waals surface area contributed by atoms with Crippen LogP contribution in [0.5, 0.6) is 0 Å². The van der Waals surface area contributed by atoms with E-state index in [1.807, 2.05) is 23.1 Å². The van der Waals surface area contributed by atoms with Gasteiger partial charge in [0.05, 0.1) is 5.52 Å². The summed E-state index contributed by atoms with van der Waals surface area (Å²) in [5.41, 5.74) is 1.38. The third-order valence-electron chi connectivity index (χ3n) is 4.22. The molecule has 1 aliphatic heterocycles. The number of hydrogen-bond acceptors (Lipinski definition) is 3. The van der Waals surface area contributed by atoms with Gasteiger partial charge in [-0.05, 0) is 38.1 Å². The molecule has 1 saturated heterocycles. The monoisotopic (exact) mass is 380 g/mol. The summed E-state index contributed by atoms with van der Waals surface area (Å²) in [6.07, 6.45) is 3.65. The fourth-order valence-corrected chi connectivity index (χ4v) is 3.62. The summed E-state index contributed by atoms with van der Waals surface area (Å²) in [7, 11) is 0. The fourth-order valence-electron chi connectivity index (χ4n) is 3.27. The summed E-state index contributed by atoms with van der Waals surface area (Å²) in [5.74, 6) is -1.86. The minimum atomic E-state index is -0.957. The van der Waals surface area contributed by atoms with E-state index < -0.39 is 18.0 Å². The highest BCUT2D eigenvalue weighted by Crippen LogP contribution is 2.33. The first-order valence-corrected chi connectivity index (χ1v) is 8.23. The van der Waals surface area contributed by atoms with E-state index >= 15 is 0 Å². The van der Waals surface area contributed by atoms with Gasteiger partial charge < -0.3 is 14.8 Å². The molecule has 0 spiro atoms. The quantitative estimate of drug-likeness (QED) is 0.832. The number of carbonyl (C=O) groups is 2. The molecule has 2 N–H and O–H groups in total. The average molecular weight is 381 g/mol. The van der Waals surface area contributed by atoms with Gasteiger partial charge in [0, 0.05) is 21.6 Å². The third-order valence-corrected chi connectivity index (χ3v) is 4.71. The van der Waals surface area contributed by atoms with Crippen molar-refractivity contribution in [1.29, 1.82) is 0 Å². The second-order valence-electron chi connectivity index (χ2n) is 5.75. The Kier molecular flexibility index (Phi) is 4.41. The maximum absolute atomic E-state index is 11.9. The summed E-state index contributed by atoms with van der Waals surface area (Å²) >= 11 is 3.39. The molecule has 2 aromatic rings. The number of benzene rings is 1. The first-order chi connectivity index (χ1) is 11.0. The van der Waals surface area contributed by atoms with Crippen molar-refractivity contribution in [3.8, 4) is 0 Å². The van der Waals surface area contributed by atoms with Crippen molar-refractivity contribution < 1.29 is 19.8 Å². The van der Waals surface area contributed by atoms with Gasteiger partial charge in [-0.1, -0.05) is 22.0 Å². The van der Waals surface area contributed by atoms with Crippen LogP contribution < -0.4 is 0 Å². The Bertz CT molecular complexity index is 765. The van der Waals surface area contributed by atoms with E-state index in [2.05, 4.69) is 15.9 Å². The lowest BCUT2D eigenvalue weighted by molar-refractivity contribution is -0.143. The second-order valence-corrected chi connectivity index (χ2v) is 6.67. The van der Waals surface area contributed by atoms with Crippen molar-refractivity contribution in [3.63, 3.8) is 0 Å². The average Bonchev–Trinajstić information content (AvgIpc) is 3.08. The van der Waals surface area contributed by atoms with E-state index in [1.54, 1.807) is 10.8 Å². The molecule has 1 aromatic carbocycles. The number of likely N-dealkylation sites (tertiary alicyclic amines) is 1. The number of nitrogens with zero attached hydrogens (tertiary/aromatic N) is 2. The van der Waals surface area contributed by atoms with Crippen LogP contribution >= 0.6 is 15.9 Å². The smallest absolute Gasteiger partial charge is 0.325 e. The maximum atomic E-state index is 11.9. The van der Waals surface area contributed by atoms with E-state index in [9.17, 15) is 14.7 Å². The van der Waals surface area contributed by atoms with Gasteiger partial charge in [-0.3, -0.25) is 14.5 Å². The summed E-state index contributed by atoms with van der Waals surface area (Å²) in [6, 6.07) is 4.78. The van der Waals surface area contributed by atoms with Crippen molar-refractivity contribution in [3.05, 3.63) is 34.4 Å². The van der Waals surface area contributed by atoms with Gasteiger partial charge in [-0.25, -0.2) is 0 Å². The molecule has 0 saturated carbocycles. The molecule has 1 fully saturated rings. The molecule has 0 bridgehead atoms. The SMILES string of the molecule is O=C(O)Cn1cc(C(C(=O)O)N2CCCC2)c2ccc(Br)cc21. The summed E-state index contributed by atoms with van der Waals surface area (Å²) in [6.45, 7) is 1.30. The Balaban J connectivity index is 2.15. The topological polar surface area (TPSA) is 82.8 Å². The maximum Gasteiger partial charge on any atom is 0.325 e. The van der Waals surface area contributed by atoms with Gasteiger partial charge in [0.1, 0.15) is 12.6 Å². The number of carboxylic acids is 2. The van der Waals surface area contributed by atoms with Crippen LogP contribution in [-0.2, 0) is 16.1 Å². The standard InChI is InChI=1S/C16H17BrN2O4/c17-10-3-4-11-12(8-19(9-14(20)21)13(11)7-10)15(16(22)23)18-5-1-2-6-18/h3-4,7-8,15H,1-2,5-6,9H2,(H,20,21)(H,22,23). The number of aromatic nitrogens is 1. The molecule has 1 unspecified atom stereocenters. The highest BCUT2D eigenvalue weighted by molar-refractivity contribution is 9.10. The number of fused-ring (bicyclic) bond motifs is 1. The Morgan fingerprint density at radius 3 is 2.52 bits per heavy atom. The lowest BCUT2D eigenvalue weighted by Crippen LogP contribution is -2.31. The number of carboxylic acid groups (broad SMARTS) is 2. The molecule has 7 heteroatoms. The number of halogens is 1. The van der Waals surface area contributed by atoms with Gasteiger partial charge in [0.15, 0.2) is 0 Å². The highest BCUT2D eigenvalue weighted by atomic mass is 79.9. The third kappa shape index (κ3) is 3.11. The summed E-state index contributed by atoms with van der Waals surface area (Å²) in [4.78, 5) is 24.9. The summed E-state index contributed by atoms with van der Waals surface area (Å²) in [5, 5.41) is 19.6. The normalized spacial score (nSPS) is 16.7. The van der Waals surface area contributed by atoms with E-state index in [-0.39, 0.29) is 6.54 Å². The van der Waals surface area contributed by atoms with Crippen molar-refractivity contribution in [2.45, 2.75) is 25.4 Å². The zero-order valence-corrected chi connectivity index (χ0v) is 14.0. The van der Waals surface area contributed by atoms with Gasteiger partial charge in [0.25, 0.3) is 0 Å². The van der Waals surface area contributed by atoms with Gasteiger partial charge in [-0.2, -0.15) is 0 Å². The molecule has 1 aliphatic rings. The lowest BCUT2D eigenvalue weighted by atomic mass is 10.0. The molecule has 0 radical (unpaired) electrons. The number of rotatable bonds is 5. The van der Waals surface area contributed by atoms with Crippen LogP contribution in [0, 0.1) is 0 Å². The summed E-state index contributed by atoms with van der Waals surface area (Å²) < 4.78 is 2.43. The van der Waals surface area contributed by atoms with Crippen molar-refractivity contribution in [2.75, 3.05) is 13.1 Å². The minimum absolute atomic E-state index is 0.195. The molecule has 6 nitrogen and oxygen atoms in total. The van der Waals surface area contributed by atoms with E-state index in [4.69, 9.17) is 5.11 Å². The Labute approximate surface area is 141 Å². The first-order valence-electron chi connectivity index (χ1n) is 7.44. The van der Waals surface area contributed by atoms with Crippen LogP contribution in [0.4, 0.5) is 0 Å². The Hall–Kier alpha value is -1.86. The second kappa shape index (κ2) is 6.33. The van der Waals surface area contributed by atoms with Crippen molar-refractivity contribution >= 4 is 38.8 Å². The molecule has 1 atom stereocenters. The number of hydrogen-bond donors (Lipinski definition) is 2. The molecule has 23 heavy (non-hydrogen) atoms. The van der Waals surface area contributed by atoms with E-state index in [0.717, 1.165) is 41.3 Å². The van der Waals surface area contributed by atoms with Crippen molar-refractivity contribution in [2.24, 2.45) is 0 Å². The van der Waals surface area contributed by atoms with E-state index in [1.165, 1.54) is 0 Å². The Morgan fingerprint density at radius 1 is 1.22 bits per heavy atom. The van der Waals surface area contributed by atoms with Crippen LogP contribution in [-0.4, -0.2) is 44.7 Å². The minimum Gasteiger partial charge on any atom is -0.480 e. The predicted molar refractivity (Wildman–Crippen MR) is 88.5 cm³/mol. The molecular formula is C16H17BrN2O4. The van der Waals surface area contributed by atoms with Gasteiger partial charge in [-0.15, -0.1) is 0 Å². The van der Waals surface area contributed by atoms with Crippen molar-refractivity contribution in [1.82, 2.24) is 9.47 Å². The predicted octanol–water partition coefficient (Wildman–Crippen LogP) is 2.71. The zero-order chi connectivity index (χ0) is 16.6. The van der Waals surface area contributed by atoms with Gasteiger partial charge >= 0.3 is 11.9 Å². The van der Waals surface area contributed by atoms with Crippen LogP contribution in [0.15, 0.2) is 28.9 Å². The van der Waals surface area contributed by atoms with Crippen LogP contribution in [0.2, 0.25) is 0 Å². The largest absolute Gasteiger partial charge is 0.480 e. The molecule has 0 amide bonds. The number of aliphatic carboxylic acids is 2. The fraction of sp³-hybridized carbons (Fsp3) is 0.375. The molecule has 3 rings (SSSR count). The van der Waals surface area contributed by atoms with Crippen LogP contribution in [0.25, 0.3) is 10.9 Å². The molecular weight excluding hydrogens is 364 g/mol. The lowest BCUT2D eigenvalue weighted by Gasteiger charge is -2.23. The first kappa shape index (κ1) is 16.0. The highest BCUT2D eigenvalue weighted by Gasteiger charge is 2.32. The van der Waals surface area contributed by atoms with E-state index in [0.29, 0.717) is 5.56 Å². The van der Waals surface area contributed by atoms with Crippen LogP contribution in [0.1, 0.15) is 24.4 Å². The molecule has 122 valence electrons. The Morgan fingerprint density at radius 2 is 1.91 bits per heavy atom. The van der Waals surface area contributed by atoms with Gasteiger partial charge in [0.2, 0.25) is 0 Å².